The maximum Gasteiger partial charge on any atom is 0.0997 e. The molecule has 0 aliphatic rings. The molecule has 0 spiro atoms. The second-order valence-electron chi connectivity index (χ2n) is 4.05. The number of nitrogens with zero attached hydrogens (tertiary/aromatic N) is 1. The number of para-hydroxylation sites is 1. The van der Waals surface area contributed by atoms with Gasteiger partial charge in [-0.15, -0.1) is 11.8 Å². The minimum atomic E-state index is 1.12. The van der Waals surface area contributed by atoms with E-state index in [4.69, 9.17) is 4.98 Å². The lowest BCUT2D eigenvalue weighted by atomic mass is 10.1. The highest BCUT2D eigenvalue weighted by Crippen LogP contribution is 2.25. The molecule has 0 N–H and O–H groups in total. The Balaban J connectivity index is 2.65. The van der Waals surface area contributed by atoms with E-state index in [1.165, 1.54) is 28.0 Å². The van der Waals surface area contributed by atoms with Gasteiger partial charge in [-0.05, 0) is 36.8 Å². The van der Waals surface area contributed by atoms with Crippen molar-refractivity contribution in [1.29, 1.82) is 0 Å². The fourth-order valence-corrected chi connectivity index (χ4v) is 2.60. The average Bonchev–Trinajstić information content (AvgIpc) is 2.29. The van der Waals surface area contributed by atoms with Crippen LogP contribution in [0, 0.1) is 6.92 Å². The topological polar surface area (TPSA) is 12.9 Å². The van der Waals surface area contributed by atoms with Crippen LogP contribution in [0.2, 0.25) is 0 Å². The first-order chi connectivity index (χ1) is 7.76. The zero-order valence-corrected chi connectivity index (χ0v) is 10.9. The Morgan fingerprint density at radius 3 is 2.81 bits per heavy atom. The van der Waals surface area contributed by atoms with Gasteiger partial charge in [0.25, 0.3) is 0 Å². The van der Waals surface area contributed by atoms with Crippen LogP contribution < -0.4 is 0 Å². The summed E-state index contributed by atoms with van der Waals surface area (Å²) in [6.45, 7) is 4.34. The van der Waals surface area contributed by atoms with Crippen molar-refractivity contribution in [3.05, 3.63) is 35.4 Å². The Morgan fingerprint density at radius 1 is 1.31 bits per heavy atom. The third kappa shape index (κ3) is 2.07. The molecule has 1 nitrogen and oxygen atoms in total. The Hall–Kier alpha value is -1.02. The van der Waals surface area contributed by atoms with E-state index in [9.17, 15) is 0 Å². The van der Waals surface area contributed by atoms with Crippen molar-refractivity contribution >= 4 is 22.7 Å². The van der Waals surface area contributed by atoms with Crippen molar-refractivity contribution in [2.45, 2.75) is 31.7 Å². The first-order valence-corrected chi connectivity index (χ1v) is 6.92. The quantitative estimate of drug-likeness (QED) is 0.734. The van der Waals surface area contributed by atoms with E-state index in [-0.39, 0.29) is 0 Å². The third-order valence-corrected chi connectivity index (χ3v) is 3.54. The normalized spacial score (nSPS) is 10.9. The lowest BCUT2D eigenvalue weighted by Gasteiger charge is -2.09. The van der Waals surface area contributed by atoms with Crippen LogP contribution in [0.25, 0.3) is 10.9 Å². The van der Waals surface area contributed by atoms with Crippen LogP contribution in [0.5, 0.6) is 0 Å². The van der Waals surface area contributed by atoms with E-state index in [2.05, 4.69) is 44.4 Å². The average molecular weight is 231 g/mol. The van der Waals surface area contributed by atoms with Crippen LogP contribution in [0.4, 0.5) is 0 Å². The summed E-state index contributed by atoms with van der Waals surface area (Å²) in [5, 5.41) is 2.45. The van der Waals surface area contributed by atoms with Crippen LogP contribution >= 0.6 is 11.8 Å². The number of rotatable bonds is 3. The van der Waals surface area contributed by atoms with Crippen molar-refractivity contribution in [3.8, 4) is 0 Å². The van der Waals surface area contributed by atoms with E-state index in [1.54, 1.807) is 11.8 Å². The minimum Gasteiger partial charge on any atom is -0.241 e. The number of thioether (sulfide) groups is 1. The SMILES string of the molecule is CCCc1cc2cccc(C)c2nc1SC. The lowest BCUT2D eigenvalue weighted by molar-refractivity contribution is 0.883. The molecular weight excluding hydrogens is 214 g/mol. The Bertz CT molecular complexity index is 505. The minimum absolute atomic E-state index is 1.12. The largest absolute Gasteiger partial charge is 0.241 e. The number of aryl methyl sites for hydroxylation is 2. The number of benzene rings is 1. The zero-order chi connectivity index (χ0) is 11.5. The van der Waals surface area contributed by atoms with E-state index in [1.807, 2.05) is 0 Å². The van der Waals surface area contributed by atoms with Gasteiger partial charge >= 0.3 is 0 Å². The summed E-state index contributed by atoms with van der Waals surface area (Å²) >= 11 is 1.75. The molecule has 2 heteroatoms. The second-order valence-corrected chi connectivity index (χ2v) is 4.85. The van der Waals surface area contributed by atoms with Gasteiger partial charge in [0.2, 0.25) is 0 Å². The van der Waals surface area contributed by atoms with Crippen LogP contribution in [-0.2, 0) is 6.42 Å². The summed E-state index contributed by atoms with van der Waals surface area (Å²) in [6.07, 6.45) is 4.39. The van der Waals surface area contributed by atoms with Gasteiger partial charge in [0.05, 0.1) is 10.5 Å². The molecule has 1 heterocycles. The molecule has 2 aromatic rings. The van der Waals surface area contributed by atoms with E-state index >= 15 is 0 Å². The molecule has 0 aliphatic carbocycles. The van der Waals surface area contributed by atoms with Crippen LogP contribution in [-0.4, -0.2) is 11.2 Å². The van der Waals surface area contributed by atoms with E-state index in [0.29, 0.717) is 0 Å². The molecular formula is C14H17NS. The molecule has 0 unspecified atom stereocenters. The van der Waals surface area contributed by atoms with Crippen molar-refractivity contribution in [2.75, 3.05) is 6.26 Å². The van der Waals surface area contributed by atoms with Gasteiger partial charge in [-0.2, -0.15) is 0 Å². The predicted octanol–water partition coefficient (Wildman–Crippen LogP) is 4.22. The summed E-state index contributed by atoms with van der Waals surface area (Å²) in [5.74, 6) is 0. The second kappa shape index (κ2) is 4.88. The highest BCUT2D eigenvalue weighted by atomic mass is 32.2. The molecule has 2 rings (SSSR count). The molecule has 0 amide bonds. The third-order valence-electron chi connectivity index (χ3n) is 2.80. The van der Waals surface area contributed by atoms with Gasteiger partial charge < -0.3 is 0 Å². The van der Waals surface area contributed by atoms with Gasteiger partial charge in [-0.1, -0.05) is 31.5 Å². The molecule has 16 heavy (non-hydrogen) atoms. The fourth-order valence-electron chi connectivity index (χ4n) is 2.00. The molecule has 1 aromatic heterocycles. The molecule has 0 atom stereocenters. The predicted molar refractivity (Wildman–Crippen MR) is 72.3 cm³/mol. The summed E-state index contributed by atoms with van der Waals surface area (Å²) in [6, 6.07) is 8.68. The van der Waals surface area contributed by atoms with Crippen molar-refractivity contribution in [3.63, 3.8) is 0 Å². The van der Waals surface area contributed by atoms with E-state index < -0.39 is 0 Å². The van der Waals surface area contributed by atoms with Crippen LogP contribution in [0.3, 0.4) is 0 Å². The number of pyridine rings is 1. The smallest absolute Gasteiger partial charge is 0.0997 e. The zero-order valence-electron chi connectivity index (χ0n) is 10.1. The standard InChI is InChI=1S/C14H17NS/c1-4-6-12-9-11-8-5-7-10(2)13(11)15-14(12)16-3/h5,7-9H,4,6H2,1-3H3. The summed E-state index contributed by atoms with van der Waals surface area (Å²) < 4.78 is 0. The number of aromatic nitrogens is 1. The number of hydrogen-bond donors (Lipinski definition) is 0. The molecule has 0 aliphatic heterocycles. The number of fused-ring (bicyclic) bond motifs is 1. The molecule has 1 aromatic carbocycles. The molecule has 0 fully saturated rings. The first-order valence-electron chi connectivity index (χ1n) is 5.69. The lowest BCUT2D eigenvalue weighted by Crippen LogP contribution is -1.93. The van der Waals surface area contributed by atoms with Gasteiger partial charge in [-0.3, -0.25) is 0 Å². The van der Waals surface area contributed by atoms with Crippen molar-refractivity contribution in [2.24, 2.45) is 0 Å². The highest BCUT2D eigenvalue weighted by Gasteiger charge is 2.06. The van der Waals surface area contributed by atoms with Gasteiger partial charge in [0.1, 0.15) is 0 Å². The first kappa shape index (κ1) is 11.5. The molecule has 0 bridgehead atoms. The van der Waals surface area contributed by atoms with E-state index in [0.717, 1.165) is 11.9 Å². The van der Waals surface area contributed by atoms with Gasteiger partial charge in [-0.25, -0.2) is 4.98 Å². The molecule has 0 saturated heterocycles. The molecule has 0 saturated carbocycles. The van der Waals surface area contributed by atoms with Crippen LogP contribution in [0.1, 0.15) is 24.5 Å². The van der Waals surface area contributed by atoms with Gasteiger partial charge in [0.15, 0.2) is 0 Å². The van der Waals surface area contributed by atoms with Gasteiger partial charge in [0, 0.05) is 5.39 Å². The maximum atomic E-state index is 4.77. The van der Waals surface area contributed by atoms with Crippen molar-refractivity contribution < 1.29 is 0 Å². The monoisotopic (exact) mass is 231 g/mol. The Morgan fingerprint density at radius 2 is 2.12 bits per heavy atom. The Labute approximate surface area is 101 Å². The summed E-state index contributed by atoms with van der Waals surface area (Å²) in [5.41, 5.74) is 3.79. The Kier molecular flexibility index (Phi) is 3.49. The fraction of sp³-hybridized carbons (Fsp3) is 0.357. The van der Waals surface area contributed by atoms with Crippen molar-refractivity contribution in [1.82, 2.24) is 4.98 Å². The maximum absolute atomic E-state index is 4.77. The molecule has 84 valence electrons. The summed E-state index contributed by atoms with van der Waals surface area (Å²) in [7, 11) is 0. The molecule has 0 radical (unpaired) electrons. The summed E-state index contributed by atoms with van der Waals surface area (Å²) in [4.78, 5) is 4.77. The van der Waals surface area contributed by atoms with Crippen LogP contribution in [0.15, 0.2) is 29.3 Å². The number of hydrogen-bond acceptors (Lipinski definition) is 2. The highest BCUT2D eigenvalue weighted by molar-refractivity contribution is 7.98.